The Morgan fingerprint density at radius 3 is 2.46 bits per heavy atom. The number of amides is 1. The fraction of sp³-hybridized carbons (Fsp3) is 0.208. The van der Waals surface area contributed by atoms with E-state index in [1.54, 1.807) is 38.3 Å². The van der Waals surface area contributed by atoms with Crippen molar-refractivity contribution in [1.29, 1.82) is 0 Å². The molecule has 0 N–H and O–H groups in total. The summed E-state index contributed by atoms with van der Waals surface area (Å²) in [5.41, 5.74) is 3.09. The second-order valence-corrected chi connectivity index (χ2v) is 6.82. The van der Waals surface area contributed by atoms with Crippen molar-refractivity contribution in [2.45, 2.75) is 13.5 Å². The van der Waals surface area contributed by atoms with Crippen molar-refractivity contribution < 1.29 is 14.3 Å². The van der Waals surface area contributed by atoms with Crippen LogP contribution in [0.5, 0.6) is 11.5 Å². The minimum Gasteiger partial charge on any atom is -0.497 e. The van der Waals surface area contributed by atoms with Gasteiger partial charge in [-0.05, 0) is 59.7 Å². The van der Waals surface area contributed by atoms with E-state index < -0.39 is 0 Å². The number of methoxy groups -OCH3 is 2. The van der Waals surface area contributed by atoms with E-state index in [-0.39, 0.29) is 5.91 Å². The van der Waals surface area contributed by atoms with Gasteiger partial charge in [-0.1, -0.05) is 29.8 Å². The Kier molecular flexibility index (Phi) is 5.99. The number of carbonyl (C=O) groups excluding carboxylic acids is 1. The molecule has 0 radical (unpaired) electrons. The lowest BCUT2D eigenvalue weighted by molar-refractivity contribution is -0.125. The van der Waals surface area contributed by atoms with E-state index in [1.165, 1.54) is 0 Å². The van der Waals surface area contributed by atoms with Crippen molar-refractivity contribution in [2.75, 3.05) is 21.3 Å². The molecule has 0 unspecified atom stereocenters. The maximum absolute atomic E-state index is 12.5. The Morgan fingerprint density at radius 2 is 1.71 bits per heavy atom. The Hall–Kier alpha value is -3.27. The first-order valence-corrected chi connectivity index (χ1v) is 9.14. The van der Waals surface area contributed by atoms with Crippen LogP contribution in [0.25, 0.3) is 16.8 Å². The van der Waals surface area contributed by atoms with E-state index in [1.807, 2.05) is 49.4 Å². The van der Waals surface area contributed by atoms with Crippen molar-refractivity contribution in [3.8, 4) is 11.5 Å². The molecule has 0 aromatic heterocycles. The molecule has 0 fully saturated rings. The smallest absolute Gasteiger partial charge is 0.246 e. The third kappa shape index (κ3) is 4.52. The summed E-state index contributed by atoms with van der Waals surface area (Å²) in [4.78, 5) is 14.2. The summed E-state index contributed by atoms with van der Waals surface area (Å²) >= 11 is 0. The molecule has 3 aromatic carbocycles. The van der Waals surface area contributed by atoms with Gasteiger partial charge in [-0.25, -0.2) is 0 Å². The number of rotatable bonds is 6. The van der Waals surface area contributed by atoms with Gasteiger partial charge in [0.15, 0.2) is 0 Å². The standard InChI is InChI=1S/C24H25NO3/c1-17-5-11-23(28-4)21(13-17)9-12-24(26)25(2)16-18-6-7-20-15-22(27-3)10-8-19(20)14-18/h5-15H,16H2,1-4H3/b12-9+. The molecule has 4 heteroatoms. The summed E-state index contributed by atoms with van der Waals surface area (Å²) in [6.45, 7) is 2.55. The molecule has 0 saturated heterocycles. The molecule has 3 aromatic rings. The van der Waals surface area contributed by atoms with Gasteiger partial charge in [-0.2, -0.15) is 0 Å². The van der Waals surface area contributed by atoms with Crippen LogP contribution in [0, 0.1) is 6.92 Å². The van der Waals surface area contributed by atoms with Crippen LogP contribution in [-0.4, -0.2) is 32.1 Å². The topological polar surface area (TPSA) is 38.8 Å². The van der Waals surface area contributed by atoms with E-state index in [2.05, 4.69) is 12.1 Å². The second-order valence-electron chi connectivity index (χ2n) is 6.82. The number of nitrogens with zero attached hydrogens (tertiary/aromatic N) is 1. The van der Waals surface area contributed by atoms with Gasteiger partial charge in [0.25, 0.3) is 0 Å². The van der Waals surface area contributed by atoms with Crippen LogP contribution in [-0.2, 0) is 11.3 Å². The monoisotopic (exact) mass is 375 g/mol. The van der Waals surface area contributed by atoms with Crippen LogP contribution in [0.1, 0.15) is 16.7 Å². The van der Waals surface area contributed by atoms with Crippen LogP contribution in [0.2, 0.25) is 0 Å². The number of aryl methyl sites for hydroxylation is 1. The number of ether oxygens (including phenoxy) is 2. The number of benzene rings is 3. The molecule has 0 saturated carbocycles. The van der Waals surface area contributed by atoms with E-state index in [0.29, 0.717) is 6.54 Å². The molecule has 0 atom stereocenters. The zero-order chi connectivity index (χ0) is 20.1. The minimum atomic E-state index is -0.0570. The lowest BCUT2D eigenvalue weighted by Gasteiger charge is -2.16. The lowest BCUT2D eigenvalue weighted by atomic mass is 10.1. The van der Waals surface area contributed by atoms with Gasteiger partial charge >= 0.3 is 0 Å². The number of carbonyl (C=O) groups is 1. The van der Waals surface area contributed by atoms with Crippen LogP contribution < -0.4 is 9.47 Å². The predicted molar refractivity (Wildman–Crippen MR) is 114 cm³/mol. The summed E-state index contributed by atoms with van der Waals surface area (Å²) < 4.78 is 10.6. The first-order chi connectivity index (χ1) is 13.5. The zero-order valence-electron chi connectivity index (χ0n) is 16.7. The number of hydrogen-bond donors (Lipinski definition) is 0. The molecule has 1 amide bonds. The summed E-state index contributed by atoms with van der Waals surface area (Å²) in [5.74, 6) is 1.53. The average Bonchev–Trinajstić information content (AvgIpc) is 2.71. The highest BCUT2D eigenvalue weighted by Gasteiger charge is 2.08. The Balaban J connectivity index is 1.72. The number of fused-ring (bicyclic) bond motifs is 1. The third-order valence-corrected chi connectivity index (χ3v) is 4.70. The molecular formula is C24H25NO3. The SMILES string of the molecule is COc1ccc2cc(CN(C)C(=O)/C=C/c3cc(C)ccc3OC)ccc2c1. The van der Waals surface area contributed by atoms with Crippen LogP contribution in [0.4, 0.5) is 0 Å². The molecule has 0 aliphatic carbocycles. The highest BCUT2D eigenvalue weighted by atomic mass is 16.5. The van der Waals surface area contributed by atoms with Crippen LogP contribution in [0.15, 0.2) is 60.7 Å². The van der Waals surface area contributed by atoms with Gasteiger partial charge in [-0.3, -0.25) is 4.79 Å². The minimum absolute atomic E-state index is 0.0570. The van der Waals surface area contributed by atoms with Gasteiger partial charge in [0.1, 0.15) is 11.5 Å². The molecule has 0 spiro atoms. The molecule has 0 heterocycles. The maximum atomic E-state index is 12.5. The normalized spacial score (nSPS) is 11.0. The van der Waals surface area contributed by atoms with Crippen molar-refractivity contribution in [3.63, 3.8) is 0 Å². The predicted octanol–water partition coefficient (Wildman–Crippen LogP) is 4.84. The van der Waals surface area contributed by atoms with E-state index in [9.17, 15) is 4.79 Å². The van der Waals surface area contributed by atoms with E-state index in [0.717, 1.165) is 39.0 Å². The fourth-order valence-electron chi connectivity index (χ4n) is 3.12. The summed E-state index contributed by atoms with van der Waals surface area (Å²) in [6.07, 6.45) is 3.39. The maximum Gasteiger partial charge on any atom is 0.246 e. The summed E-state index contributed by atoms with van der Waals surface area (Å²) in [6, 6.07) is 18.1. The van der Waals surface area contributed by atoms with Crippen molar-refractivity contribution in [2.24, 2.45) is 0 Å². The fourth-order valence-corrected chi connectivity index (χ4v) is 3.12. The molecule has 0 bridgehead atoms. The highest BCUT2D eigenvalue weighted by molar-refractivity contribution is 5.92. The van der Waals surface area contributed by atoms with Crippen LogP contribution >= 0.6 is 0 Å². The van der Waals surface area contributed by atoms with Crippen molar-refractivity contribution in [1.82, 2.24) is 4.90 Å². The zero-order valence-corrected chi connectivity index (χ0v) is 16.7. The summed E-state index contributed by atoms with van der Waals surface area (Å²) in [7, 11) is 5.10. The average molecular weight is 375 g/mol. The lowest BCUT2D eigenvalue weighted by Crippen LogP contribution is -2.24. The first-order valence-electron chi connectivity index (χ1n) is 9.14. The summed E-state index contributed by atoms with van der Waals surface area (Å²) in [5, 5.41) is 2.24. The molecule has 0 aliphatic rings. The molecule has 28 heavy (non-hydrogen) atoms. The number of hydrogen-bond acceptors (Lipinski definition) is 3. The van der Waals surface area contributed by atoms with Gasteiger partial charge in [-0.15, -0.1) is 0 Å². The molecule has 0 aliphatic heterocycles. The van der Waals surface area contributed by atoms with Crippen LogP contribution in [0.3, 0.4) is 0 Å². The van der Waals surface area contributed by atoms with Gasteiger partial charge in [0.2, 0.25) is 5.91 Å². The largest absolute Gasteiger partial charge is 0.497 e. The number of likely N-dealkylation sites (N-methyl/N-ethyl adjacent to an activating group) is 1. The van der Waals surface area contributed by atoms with E-state index in [4.69, 9.17) is 9.47 Å². The molecule has 144 valence electrons. The highest BCUT2D eigenvalue weighted by Crippen LogP contribution is 2.23. The quantitative estimate of drug-likeness (QED) is 0.579. The van der Waals surface area contributed by atoms with Crippen molar-refractivity contribution in [3.05, 3.63) is 77.4 Å². The first kappa shape index (κ1) is 19.5. The Morgan fingerprint density at radius 1 is 0.964 bits per heavy atom. The molecular weight excluding hydrogens is 350 g/mol. The Bertz CT molecular complexity index is 1020. The van der Waals surface area contributed by atoms with Crippen molar-refractivity contribution >= 4 is 22.8 Å². The van der Waals surface area contributed by atoms with Gasteiger partial charge in [0, 0.05) is 25.2 Å². The third-order valence-electron chi connectivity index (χ3n) is 4.70. The Labute approximate surface area is 166 Å². The second kappa shape index (κ2) is 8.61. The van der Waals surface area contributed by atoms with E-state index >= 15 is 0 Å². The molecule has 3 rings (SSSR count). The van der Waals surface area contributed by atoms with Gasteiger partial charge < -0.3 is 14.4 Å². The van der Waals surface area contributed by atoms with Gasteiger partial charge in [0.05, 0.1) is 14.2 Å². The molecule has 4 nitrogen and oxygen atoms in total.